The Morgan fingerprint density at radius 1 is 0.474 bits per heavy atom. The number of rotatable bonds is 26. The van der Waals surface area contributed by atoms with Crippen LogP contribution in [-0.4, -0.2) is 123 Å². The molecule has 0 aliphatic heterocycles. The van der Waals surface area contributed by atoms with E-state index >= 15 is 0 Å². The Kier molecular flexibility index (Phi) is 22.0. The van der Waals surface area contributed by atoms with Gasteiger partial charge in [0.25, 0.3) is 5.78 Å². The Labute approximate surface area is 223 Å². The van der Waals surface area contributed by atoms with Gasteiger partial charge >= 0.3 is 11.9 Å². The summed E-state index contributed by atoms with van der Waals surface area (Å²) >= 11 is 0. The molecule has 1 rings (SSSR count). The van der Waals surface area contributed by atoms with Crippen molar-refractivity contribution >= 4 is 17.7 Å². The topological polar surface area (TPSA) is 134 Å². The molecule has 0 saturated carbocycles. The van der Waals surface area contributed by atoms with Crippen molar-refractivity contribution in [1.82, 2.24) is 0 Å². The number of carbonyl (C=O) groups is 3. The van der Waals surface area contributed by atoms with E-state index in [1.54, 1.807) is 30.3 Å². The fourth-order valence-electron chi connectivity index (χ4n) is 2.63. The van der Waals surface area contributed by atoms with Crippen LogP contribution < -0.4 is 0 Å². The minimum absolute atomic E-state index is 0.00392. The van der Waals surface area contributed by atoms with Crippen molar-refractivity contribution in [2.24, 2.45) is 0 Å². The molecule has 1 aromatic carbocycles. The summed E-state index contributed by atoms with van der Waals surface area (Å²) < 4.78 is 47.1. The molecule has 0 atom stereocenters. The fraction of sp³-hybridized carbons (Fsp3) is 0.654. The lowest BCUT2D eigenvalue weighted by Gasteiger charge is -2.08. The minimum atomic E-state index is -0.900. The molecule has 216 valence electrons. The summed E-state index contributed by atoms with van der Waals surface area (Å²) in [6.07, 6.45) is 0. The number of carbonyl (C=O) groups excluding carboxylic acids is 3. The van der Waals surface area contributed by atoms with Crippen LogP contribution in [0.2, 0.25) is 0 Å². The summed E-state index contributed by atoms with van der Waals surface area (Å²) in [5.74, 6) is -1.90. The highest BCUT2D eigenvalue weighted by Crippen LogP contribution is 2.01. The summed E-state index contributed by atoms with van der Waals surface area (Å²) in [6, 6.07) is 8.24. The standard InChI is InChI=1S/C26H40O12/c1-23(27)37-21-19-35-17-15-33-13-11-31-9-7-30-8-10-32-12-14-34-16-18-36-20-22-38-26(29)25(28)24-5-3-2-4-6-24/h2-6H,7-22H2,1H3. The lowest BCUT2D eigenvalue weighted by Crippen LogP contribution is -2.20. The molecule has 1 aromatic rings. The van der Waals surface area contributed by atoms with Crippen LogP contribution in [0.3, 0.4) is 0 Å². The van der Waals surface area contributed by atoms with Crippen LogP contribution in [0.15, 0.2) is 30.3 Å². The van der Waals surface area contributed by atoms with E-state index in [0.29, 0.717) is 91.5 Å². The van der Waals surface area contributed by atoms with Crippen molar-refractivity contribution in [2.75, 3.05) is 106 Å². The van der Waals surface area contributed by atoms with Crippen LogP contribution >= 0.6 is 0 Å². The van der Waals surface area contributed by atoms with Gasteiger partial charge in [-0.15, -0.1) is 0 Å². The number of ether oxygens (including phenoxy) is 9. The molecule has 0 radical (unpaired) electrons. The SMILES string of the molecule is CC(=O)OCCOCCOCCOCCOCCOCCOCCOCCOC(=O)C(=O)c1ccccc1. The molecule has 12 heteroatoms. The highest BCUT2D eigenvalue weighted by Gasteiger charge is 2.17. The van der Waals surface area contributed by atoms with Gasteiger partial charge in [-0.05, 0) is 0 Å². The normalized spacial score (nSPS) is 10.9. The highest BCUT2D eigenvalue weighted by molar-refractivity contribution is 6.40. The Morgan fingerprint density at radius 2 is 0.789 bits per heavy atom. The van der Waals surface area contributed by atoms with Gasteiger partial charge in [-0.1, -0.05) is 30.3 Å². The summed E-state index contributed by atoms with van der Waals surface area (Å²) in [5.41, 5.74) is 0.293. The van der Waals surface area contributed by atoms with Gasteiger partial charge in [-0.25, -0.2) is 4.79 Å². The van der Waals surface area contributed by atoms with E-state index in [2.05, 4.69) is 0 Å². The van der Waals surface area contributed by atoms with Gasteiger partial charge in [0.15, 0.2) is 0 Å². The van der Waals surface area contributed by atoms with Gasteiger partial charge in [0.1, 0.15) is 13.2 Å². The number of esters is 2. The van der Waals surface area contributed by atoms with Crippen molar-refractivity contribution < 1.29 is 57.0 Å². The second-order valence-corrected chi connectivity index (χ2v) is 7.46. The summed E-state index contributed by atoms with van der Waals surface area (Å²) in [6.45, 7) is 7.35. The average Bonchev–Trinajstić information content (AvgIpc) is 2.92. The molecule has 12 nitrogen and oxygen atoms in total. The largest absolute Gasteiger partial charge is 0.463 e. The van der Waals surface area contributed by atoms with E-state index in [9.17, 15) is 14.4 Å². The van der Waals surface area contributed by atoms with Crippen LogP contribution in [0, 0.1) is 0 Å². The monoisotopic (exact) mass is 544 g/mol. The first-order chi connectivity index (χ1) is 18.6. The quantitative estimate of drug-likeness (QED) is 0.0715. The zero-order valence-electron chi connectivity index (χ0n) is 22.1. The Morgan fingerprint density at radius 3 is 1.13 bits per heavy atom. The van der Waals surface area contributed by atoms with E-state index < -0.39 is 11.8 Å². The van der Waals surface area contributed by atoms with Crippen LogP contribution in [-0.2, 0) is 52.2 Å². The molecule has 0 aromatic heterocycles. The molecule has 0 spiro atoms. The third-order valence-corrected chi connectivity index (χ3v) is 4.45. The van der Waals surface area contributed by atoms with E-state index in [-0.39, 0.29) is 25.8 Å². The van der Waals surface area contributed by atoms with E-state index in [4.69, 9.17) is 42.6 Å². The Bertz CT molecular complexity index is 728. The predicted octanol–water partition coefficient (Wildman–Crippen LogP) is 1.09. The molecule has 0 fully saturated rings. The number of ketones is 1. The Hall–Kier alpha value is -2.45. The predicted molar refractivity (Wildman–Crippen MR) is 134 cm³/mol. The number of benzene rings is 1. The maximum absolute atomic E-state index is 11.8. The van der Waals surface area contributed by atoms with Gasteiger partial charge in [0.05, 0.1) is 92.5 Å². The summed E-state index contributed by atoms with van der Waals surface area (Å²) in [4.78, 5) is 34.1. The molecule has 0 saturated heterocycles. The lowest BCUT2D eigenvalue weighted by atomic mass is 10.1. The molecule has 0 aliphatic carbocycles. The molecule has 0 amide bonds. The third kappa shape index (κ3) is 20.6. The van der Waals surface area contributed by atoms with Crippen LogP contribution in [0.4, 0.5) is 0 Å². The zero-order chi connectivity index (χ0) is 27.5. The van der Waals surface area contributed by atoms with Gasteiger partial charge in [0, 0.05) is 12.5 Å². The van der Waals surface area contributed by atoms with Gasteiger partial charge in [-0.2, -0.15) is 0 Å². The van der Waals surface area contributed by atoms with E-state index in [1.807, 2.05) is 0 Å². The number of hydrogen-bond acceptors (Lipinski definition) is 12. The minimum Gasteiger partial charge on any atom is -0.463 e. The molecule has 0 aliphatic rings. The summed E-state index contributed by atoms with van der Waals surface area (Å²) in [5, 5.41) is 0. The first-order valence-electron chi connectivity index (χ1n) is 12.6. The van der Waals surface area contributed by atoms with Crippen molar-refractivity contribution in [3.05, 3.63) is 35.9 Å². The number of Topliss-reactive ketones (excluding diaryl/α,β-unsaturated/α-hetero) is 1. The highest BCUT2D eigenvalue weighted by atomic mass is 16.6. The van der Waals surface area contributed by atoms with Crippen molar-refractivity contribution in [1.29, 1.82) is 0 Å². The van der Waals surface area contributed by atoms with Crippen molar-refractivity contribution in [3.63, 3.8) is 0 Å². The fourth-order valence-corrected chi connectivity index (χ4v) is 2.63. The molecule has 0 unspecified atom stereocenters. The van der Waals surface area contributed by atoms with Crippen molar-refractivity contribution in [2.45, 2.75) is 6.92 Å². The van der Waals surface area contributed by atoms with Crippen LogP contribution in [0.25, 0.3) is 0 Å². The smallest absolute Gasteiger partial charge is 0.379 e. The first-order valence-corrected chi connectivity index (χ1v) is 12.6. The maximum Gasteiger partial charge on any atom is 0.379 e. The second-order valence-electron chi connectivity index (χ2n) is 7.46. The molecular formula is C26H40O12. The van der Waals surface area contributed by atoms with Gasteiger partial charge in [-0.3, -0.25) is 9.59 Å². The van der Waals surface area contributed by atoms with Gasteiger partial charge < -0.3 is 42.6 Å². The first kappa shape index (κ1) is 33.6. The molecule has 0 N–H and O–H groups in total. The third-order valence-electron chi connectivity index (χ3n) is 4.45. The zero-order valence-corrected chi connectivity index (χ0v) is 22.1. The van der Waals surface area contributed by atoms with Gasteiger partial charge in [0.2, 0.25) is 0 Å². The van der Waals surface area contributed by atoms with Crippen LogP contribution in [0.5, 0.6) is 0 Å². The average molecular weight is 545 g/mol. The van der Waals surface area contributed by atoms with E-state index in [0.717, 1.165) is 0 Å². The van der Waals surface area contributed by atoms with Crippen molar-refractivity contribution in [3.8, 4) is 0 Å². The Balaban J connectivity index is 1.71. The molecular weight excluding hydrogens is 504 g/mol. The maximum atomic E-state index is 11.8. The summed E-state index contributed by atoms with van der Waals surface area (Å²) in [7, 11) is 0. The molecule has 0 heterocycles. The molecule has 38 heavy (non-hydrogen) atoms. The number of hydrogen-bond donors (Lipinski definition) is 0. The van der Waals surface area contributed by atoms with Crippen LogP contribution in [0.1, 0.15) is 17.3 Å². The second kappa shape index (κ2) is 24.9. The lowest BCUT2D eigenvalue weighted by molar-refractivity contribution is -0.142. The van der Waals surface area contributed by atoms with E-state index in [1.165, 1.54) is 6.92 Å². The molecule has 0 bridgehead atoms.